The molecule has 1 aliphatic rings. The third kappa shape index (κ3) is 4.64. The van der Waals surface area contributed by atoms with E-state index in [9.17, 15) is 15.3 Å². The van der Waals surface area contributed by atoms with Crippen LogP contribution < -0.4 is 4.74 Å². The number of halogens is 1. The van der Waals surface area contributed by atoms with E-state index in [2.05, 4.69) is 0 Å². The molecule has 0 unspecified atom stereocenters. The standard InChI is InChI=1S/C21H25ClO5S/c1-3-26-15-7-4-12(5-8-15)10-14-11-13(6-9-16(14)22)20-18(24)17(23)19(25)21(27-20)28-2/h4-9,11,17-21,23-25H,3,10H2,1-2H3/t17-,18-,19+,20-,21+/m0/s1. The Balaban J connectivity index is 1.82. The van der Waals surface area contributed by atoms with Gasteiger partial charge < -0.3 is 24.8 Å². The Kier molecular flexibility index (Phi) is 7.25. The van der Waals surface area contributed by atoms with E-state index in [1.165, 1.54) is 11.8 Å². The first-order valence-corrected chi connectivity index (χ1v) is 10.8. The van der Waals surface area contributed by atoms with Gasteiger partial charge in [0.25, 0.3) is 0 Å². The lowest BCUT2D eigenvalue weighted by molar-refractivity contribution is -0.200. The number of hydrogen-bond acceptors (Lipinski definition) is 6. The van der Waals surface area contributed by atoms with E-state index in [0.717, 1.165) is 16.9 Å². The molecular formula is C21H25ClO5S. The molecule has 1 aliphatic heterocycles. The topological polar surface area (TPSA) is 79.2 Å². The Labute approximate surface area is 174 Å². The van der Waals surface area contributed by atoms with Crippen LogP contribution in [-0.4, -0.2) is 51.9 Å². The van der Waals surface area contributed by atoms with Crippen LogP contribution in [0.2, 0.25) is 5.02 Å². The minimum Gasteiger partial charge on any atom is -0.494 e. The third-order valence-corrected chi connectivity index (χ3v) is 6.05. The summed E-state index contributed by atoms with van der Waals surface area (Å²) in [6.07, 6.45) is -1.99. The molecule has 1 heterocycles. The molecule has 2 aromatic rings. The minimum absolute atomic E-state index is 0.610. The summed E-state index contributed by atoms with van der Waals surface area (Å²) in [6, 6.07) is 13.3. The fourth-order valence-corrected chi connectivity index (χ4v) is 4.17. The fraction of sp³-hybridized carbons (Fsp3) is 0.429. The van der Waals surface area contributed by atoms with Gasteiger partial charge in [-0.3, -0.25) is 0 Å². The Morgan fingerprint density at radius 2 is 1.75 bits per heavy atom. The smallest absolute Gasteiger partial charge is 0.132 e. The van der Waals surface area contributed by atoms with Crippen LogP contribution in [0, 0.1) is 0 Å². The van der Waals surface area contributed by atoms with Crippen LogP contribution in [0.25, 0.3) is 0 Å². The Morgan fingerprint density at radius 3 is 2.39 bits per heavy atom. The molecule has 0 bridgehead atoms. The molecule has 0 radical (unpaired) electrons. The fourth-order valence-electron chi connectivity index (χ4n) is 3.32. The highest BCUT2D eigenvalue weighted by molar-refractivity contribution is 7.99. The molecular weight excluding hydrogens is 400 g/mol. The number of aliphatic hydroxyl groups is 3. The Hall–Kier alpha value is -1.28. The van der Waals surface area contributed by atoms with Crippen LogP contribution in [-0.2, 0) is 11.2 Å². The van der Waals surface area contributed by atoms with Gasteiger partial charge in [0.2, 0.25) is 0 Å². The van der Waals surface area contributed by atoms with Gasteiger partial charge in [-0.15, -0.1) is 11.8 Å². The predicted molar refractivity (Wildman–Crippen MR) is 111 cm³/mol. The summed E-state index contributed by atoms with van der Waals surface area (Å²) in [5, 5.41) is 31.2. The average molecular weight is 425 g/mol. The molecule has 1 saturated heterocycles. The molecule has 0 spiro atoms. The minimum atomic E-state index is -1.28. The Morgan fingerprint density at radius 1 is 1.04 bits per heavy atom. The van der Waals surface area contributed by atoms with Crippen LogP contribution in [0.1, 0.15) is 29.7 Å². The molecule has 0 amide bonds. The SMILES string of the molecule is CCOc1ccc(Cc2cc([C@@H]3O[C@H](SC)[C@H](O)[C@@H](O)[C@@H]3O)ccc2Cl)cc1. The molecule has 0 aliphatic carbocycles. The summed E-state index contributed by atoms with van der Waals surface area (Å²) in [7, 11) is 0. The zero-order valence-electron chi connectivity index (χ0n) is 15.8. The van der Waals surface area contributed by atoms with Crippen molar-refractivity contribution in [2.24, 2.45) is 0 Å². The van der Waals surface area contributed by atoms with Crippen molar-refractivity contribution in [3.63, 3.8) is 0 Å². The largest absolute Gasteiger partial charge is 0.494 e. The second-order valence-corrected chi connectivity index (χ2v) is 8.08. The van der Waals surface area contributed by atoms with Crippen molar-refractivity contribution < 1.29 is 24.8 Å². The van der Waals surface area contributed by atoms with Gasteiger partial charge in [0.15, 0.2) is 0 Å². The van der Waals surface area contributed by atoms with E-state index in [4.69, 9.17) is 21.1 Å². The van der Waals surface area contributed by atoms with Crippen molar-refractivity contribution in [1.29, 1.82) is 0 Å². The van der Waals surface area contributed by atoms with E-state index in [-0.39, 0.29) is 0 Å². The van der Waals surface area contributed by atoms with Crippen LogP contribution in [0.15, 0.2) is 42.5 Å². The highest BCUT2D eigenvalue weighted by Crippen LogP contribution is 2.37. The van der Waals surface area contributed by atoms with Gasteiger partial charge >= 0.3 is 0 Å². The van der Waals surface area contributed by atoms with Gasteiger partial charge in [0.1, 0.15) is 35.6 Å². The van der Waals surface area contributed by atoms with Crippen LogP contribution in [0.5, 0.6) is 5.75 Å². The van der Waals surface area contributed by atoms with Gasteiger partial charge in [0.05, 0.1) is 6.61 Å². The molecule has 5 nitrogen and oxygen atoms in total. The number of thioether (sulfide) groups is 1. The van der Waals surface area contributed by atoms with E-state index in [0.29, 0.717) is 23.6 Å². The summed E-state index contributed by atoms with van der Waals surface area (Å²) >= 11 is 7.68. The molecule has 152 valence electrons. The maximum atomic E-state index is 10.4. The average Bonchev–Trinajstić information content (AvgIpc) is 2.70. The molecule has 3 N–H and O–H groups in total. The normalized spacial score (nSPS) is 27.6. The van der Waals surface area contributed by atoms with Crippen molar-refractivity contribution in [2.75, 3.05) is 12.9 Å². The monoisotopic (exact) mass is 424 g/mol. The van der Waals surface area contributed by atoms with Gasteiger partial charge in [0, 0.05) is 5.02 Å². The van der Waals surface area contributed by atoms with Crippen LogP contribution >= 0.6 is 23.4 Å². The highest BCUT2D eigenvalue weighted by atomic mass is 35.5. The number of benzene rings is 2. The van der Waals surface area contributed by atoms with E-state index in [1.807, 2.05) is 37.3 Å². The van der Waals surface area contributed by atoms with Crippen molar-refractivity contribution in [2.45, 2.75) is 43.2 Å². The third-order valence-electron chi connectivity index (χ3n) is 4.83. The lowest BCUT2D eigenvalue weighted by Crippen LogP contribution is -2.52. The van der Waals surface area contributed by atoms with Gasteiger partial charge in [-0.2, -0.15) is 0 Å². The van der Waals surface area contributed by atoms with Crippen LogP contribution in [0.4, 0.5) is 0 Å². The molecule has 1 fully saturated rings. The Bertz CT molecular complexity index is 783. The molecule has 7 heteroatoms. The predicted octanol–water partition coefficient (Wildman–Crippen LogP) is 3.17. The quantitative estimate of drug-likeness (QED) is 0.661. The lowest BCUT2D eigenvalue weighted by Gasteiger charge is -2.40. The molecule has 28 heavy (non-hydrogen) atoms. The maximum absolute atomic E-state index is 10.4. The summed E-state index contributed by atoms with van der Waals surface area (Å²) in [4.78, 5) is 0. The van der Waals surface area contributed by atoms with Gasteiger partial charge in [-0.25, -0.2) is 0 Å². The van der Waals surface area contributed by atoms with E-state index >= 15 is 0 Å². The summed E-state index contributed by atoms with van der Waals surface area (Å²) in [6.45, 7) is 2.56. The molecule has 3 rings (SSSR count). The zero-order valence-corrected chi connectivity index (χ0v) is 17.4. The first-order chi connectivity index (χ1) is 13.4. The second kappa shape index (κ2) is 9.48. The van der Waals surface area contributed by atoms with Crippen molar-refractivity contribution in [3.8, 4) is 5.75 Å². The first kappa shape index (κ1) is 21.4. The van der Waals surface area contributed by atoms with Crippen LogP contribution in [0.3, 0.4) is 0 Å². The van der Waals surface area contributed by atoms with Gasteiger partial charge in [-0.1, -0.05) is 35.9 Å². The summed E-state index contributed by atoms with van der Waals surface area (Å²) < 4.78 is 11.3. The summed E-state index contributed by atoms with van der Waals surface area (Å²) in [5.74, 6) is 0.820. The molecule has 5 atom stereocenters. The van der Waals surface area contributed by atoms with E-state index in [1.54, 1.807) is 18.4 Å². The number of ether oxygens (including phenoxy) is 2. The van der Waals surface area contributed by atoms with Crippen molar-refractivity contribution in [3.05, 3.63) is 64.2 Å². The highest BCUT2D eigenvalue weighted by Gasteiger charge is 2.44. The lowest BCUT2D eigenvalue weighted by atomic mass is 9.92. The maximum Gasteiger partial charge on any atom is 0.132 e. The number of aliphatic hydroxyl groups excluding tert-OH is 3. The molecule has 2 aromatic carbocycles. The zero-order chi connectivity index (χ0) is 20.3. The number of hydrogen-bond donors (Lipinski definition) is 3. The first-order valence-electron chi connectivity index (χ1n) is 9.17. The van der Waals surface area contributed by atoms with Crippen molar-refractivity contribution in [1.82, 2.24) is 0 Å². The second-order valence-electron chi connectivity index (χ2n) is 6.74. The molecule has 0 aromatic heterocycles. The van der Waals surface area contributed by atoms with Crippen molar-refractivity contribution >= 4 is 23.4 Å². The van der Waals surface area contributed by atoms with E-state index < -0.39 is 29.9 Å². The van der Waals surface area contributed by atoms with Gasteiger partial charge in [-0.05, 0) is 54.5 Å². The number of rotatable bonds is 6. The molecule has 0 saturated carbocycles. The summed E-state index contributed by atoms with van der Waals surface area (Å²) in [5.41, 5.74) is 2.06.